The molecule has 0 N–H and O–H groups in total. The monoisotopic (exact) mass is 244 g/mol. The van der Waals surface area contributed by atoms with Crippen LogP contribution in [0.2, 0.25) is 0 Å². The minimum Gasteiger partial charge on any atom is -0.210 e. The smallest absolute Gasteiger partial charge is 0.210 e. The first-order valence-electron chi connectivity index (χ1n) is 5.47. The number of alkyl halides is 2. The number of halogens is 2. The summed E-state index contributed by atoms with van der Waals surface area (Å²) in [5.74, 6) is -0.128. The van der Waals surface area contributed by atoms with E-state index in [0.717, 1.165) is 11.3 Å². The molecule has 1 rings (SSSR count). The quantitative estimate of drug-likeness (QED) is 0.675. The van der Waals surface area contributed by atoms with Crippen LogP contribution in [0.15, 0.2) is 29.2 Å². The summed E-state index contributed by atoms with van der Waals surface area (Å²) in [7, 11) is 0. The molecule has 16 heavy (non-hydrogen) atoms. The van der Waals surface area contributed by atoms with Crippen molar-refractivity contribution in [1.82, 2.24) is 0 Å². The van der Waals surface area contributed by atoms with Crippen LogP contribution in [-0.2, 0) is 5.41 Å². The average Bonchev–Trinajstić information content (AvgIpc) is 2.27. The van der Waals surface area contributed by atoms with Crippen molar-refractivity contribution in [3.8, 4) is 0 Å². The summed E-state index contributed by atoms with van der Waals surface area (Å²) in [6.07, 6.45) is -1.17. The van der Waals surface area contributed by atoms with Crippen molar-refractivity contribution in [3.05, 3.63) is 29.8 Å². The van der Waals surface area contributed by atoms with E-state index in [2.05, 4.69) is 20.8 Å². The molecule has 0 bridgehead atoms. The number of hydrogen-bond donors (Lipinski definition) is 0. The van der Waals surface area contributed by atoms with Gasteiger partial charge in [-0.1, -0.05) is 32.9 Å². The minimum absolute atomic E-state index is 0.128. The van der Waals surface area contributed by atoms with E-state index in [1.165, 1.54) is 17.3 Å². The molecule has 3 heteroatoms. The van der Waals surface area contributed by atoms with Crippen LogP contribution in [0.4, 0.5) is 8.78 Å². The predicted molar refractivity (Wildman–Crippen MR) is 66.5 cm³/mol. The van der Waals surface area contributed by atoms with Gasteiger partial charge in [0, 0.05) is 4.90 Å². The standard InChI is InChI=1S/C13H18F2S/c1-4-13(2,3)10-5-7-11(8-6-10)16-9-12(14)15/h5-8,12H,4,9H2,1-3H3. The lowest BCUT2D eigenvalue weighted by atomic mass is 9.82. The molecule has 0 amide bonds. The third kappa shape index (κ3) is 3.78. The number of hydrogen-bond acceptors (Lipinski definition) is 1. The Morgan fingerprint density at radius 1 is 1.19 bits per heavy atom. The van der Waals surface area contributed by atoms with Gasteiger partial charge in [0.25, 0.3) is 0 Å². The van der Waals surface area contributed by atoms with E-state index in [4.69, 9.17) is 0 Å². The molecule has 0 radical (unpaired) electrons. The molecule has 0 atom stereocenters. The fraction of sp³-hybridized carbons (Fsp3) is 0.538. The van der Waals surface area contributed by atoms with Crippen LogP contribution in [-0.4, -0.2) is 12.2 Å². The lowest BCUT2D eigenvalue weighted by molar-refractivity contribution is 0.177. The maximum atomic E-state index is 12.0. The van der Waals surface area contributed by atoms with Crippen LogP contribution >= 0.6 is 11.8 Å². The second kappa shape index (κ2) is 5.67. The Kier molecular flexibility index (Phi) is 4.78. The number of thioether (sulfide) groups is 1. The van der Waals surface area contributed by atoms with E-state index in [-0.39, 0.29) is 11.2 Å². The van der Waals surface area contributed by atoms with E-state index < -0.39 is 6.43 Å². The maximum absolute atomic E-state index is 12.0. The minimum atomic E-state index is -2.24. The summed E-state index contributed by atoms with van der Waals surface area (Å²) in [4.78, 5) is 0.913. The van der Waals surface area contributed by atoms with Gasteiger partial charge in [-0.3, -0.25) is 0 Å². The second-order valence-corrected chi connectivity index (χ2v) is 5.56. The molecule has 0 spiro atoms. The highest BCUT2D eigenvalue weighted by molar-refractivity contribution is 7.99. The Bertz CT molecular complexity index is 317. The zero-order valence-corrected chi connectivity index (χ0v) is 10.8. The Hall–Kier alpha value is -0.570. The summed E-state index contributed by atoms with van der Waals surface area (Å²) in [5.41, 5.74) is 1.42. The Morgan fingerprint density at radius 2 is 1.75 bits per heavy atom. The lowest BCUT2D eigenvalue weighted by Gasteiger charge is -2.23. The second-order valence-electron chi connectivity index (χ2n) is 4.46. The maximum Gasteiger partial charge on any atom is 0.247 e. The van der Waals surface area contributed by atoms with Crippen LogP contribution < -0.4 is 0 Å². The van der Waals surface area contributed by atoms with Crippen molar-refractivity contribution in [1.29, 1.82) is 0 Å². The summed E-state index contributed by atoms with van der Waals surface area (Å²) >= 11 is 1.21. The van der Waals surface area contributed by atoms with Gasteiger partial charge in [0.1, 0.15) is 0 Å². The van der Waals surface area contributed by atoms with Crippen LogP contribution in [0.1, 0.15) is 32.8 Å². The molecule has 0 aliphatic carbocycles. The normalized spacial score (nSPS) is 12.1. The largest absolute Gasteiger partial charge is 0.247 e. The fourth-order valence-electron chi connectivity index (χ4n) is 1.37. The number of rotatable bonds is 5. The highest BCUT2D eigenvalue weighted by Gasteiger charge is 2.17. The molecule has 0 nitrogen and oxygen atoms in total. The van der Waals surface area contributed by atoms with Crippen LogP contribution in [0.5, 0.6) is 0 Å². The van der Waals surface area contributed by atoms with Gasteiger partial charge in [-0.25, -0.2) is 8.78 Å². The summed E-state index contributed by atoms with van der Waals surface area (Å²) in [5, 5.41) is 0. The van der Waals surface area contributed by atoms with E-state index in [0.29, 0.717) is 0 Å². The van der Waals surface area contributed by atoms with Crippen molar-refractivity contribution >= 4 is 11.8 Å². The average molecular weight is 244 g/mol. The highest BCUT2D eigenvalue weighted by Crippen LogP contribution is 2.29. The third-order valence-electron chi connectivity index (χ3n) is 2.90. The third-order valence-corrected chi connectivity index (χ3v) is 3.92. The molecule has 0 fully saturated rings. The Balaban J connectivity index is 2.68. The van der Waals surface area contributed by atoms with Crippen molar-refractivity contribution < 1.29 is 8.78 Å². The predicted octanol–water partition coefficient (Wildman–Crippen LogP) is 4.73. The molecule has 0 saturated heterocycles. The van der Waals surface area contributed by atoms with Gasteiger partial charge >= 0.3 is 0 Å². The Labute approximate surface area is 100 Å². The molecule has 0 aliphatic heterocycles. The van der Waals surface area contributed by atoms with Gasteiger partial charge in [0.15, 0.2) is 0 Å². The van der Waals surface area contributed by atoms with Gasteiger partial charge < -0.3 is 0 Å². The summed E-state index contributed by atoms with van der Waals surface area (Å²) in [6, 6.07) is 7.94. The van der Waals surface area contributed by atoms with Gasteiger partial charge in [0.2, 0.25) is 6.43 Å². The first kappa shape index (κ1) is 13.5. The van der Waals surface area contributed by atoms with Crippen molar-refractivity contribution in [2.45, 2.75) is 43.9 Å². The number of benzene rings is 1. The Morgan fingerprint density at radius 3 is 2.19 bits per heavy atom. The van der Waals surface area contributed by atoms with Crippen molar-refractivity contribution in [3.63, 3.8) is 0 Å². The van der Waals surface area contributed by atoms with Crippen LogP contribution in [0.3, 0.4) is 0 Å². The molecule has 1 aromatic carbocycles. The first-order valence-corrected chi connectivity index (χ1v) is 6.46. The highest BCUT2D eigenvalue weighted by atomic mass is 32.2. The van der Waals surface area contributed by atoms with Crippen LogP contribution in [0, 0.1) is 0 Å². The van der Waals surface area contributed by atoms with Gasteiger partial charge in [-0.05, 0) is 29.5 Å². The van der Waals surface area contributed by atoms with Gasteiger partial charge in [-0.2, -0.15) is 0 Å². The molecule has 0 unspecified atom stereocenters. The fourth-order valence-corrected chi connectivity index (χ4v) is 2.01. The zero-order chi connectivity index (χ0) is 12.2. The molecule has 90 valence electrons. The van der Waals surface area contributed by atoms with E-state index >= 15 is 0 Å². The molecule has 0 saturated carbocycles. The van der Waals surface area contributed by atoms with Gasteiger partial charge in [0.05, 0.1) is 5.75 Å². The molecular formula is C13H18F2S. The SMILES string of the molecule is CCC(C)(C)c1ccc(SCC(F)F)cc1. The van der Waals surface area contributed by atoms with Gasteiger partial charge in [-0.15, -0.1) is 11.8 Å². The molecule has 0 aromatic heterocycles. The molecule has 0 heterocycles. The zero-order valence-electron chi connectivity index (χ0n) is 9.97. The van der Waals surface area contributed by atoms with Crippen LogP contribution in [0.25, 0.3) is 0 Å². The summed E-state index contributed by atoms with van der Waals surface area (Å²) in [6.45, 7) is 6.53. The summed E-state index contributed by atoms with van der Waals surface area (Å²) < 4.78 is 24.0. The molecular weight excluding hydrogens is 226 g/mol. The van der Waals surface area contributed by atoms with Crippen molar-refractivity contribution in [2.24, 2.45) is 0 Å². The molecule has 1 aromatic rings. The molecule has 0 aliphatic rings. The van der Waals surface area contributed by atoms with Crippen molar-refractivity contribution in [2.75, 3.05) is 5.75 Å². The topological polar surface area (TPSA) is 0 Å². The first-order chi connectivity index (χ1) is 7.45. The van der Waals surface area contributed by atoms with E-state index in [9.17, 15) is 8.78 Å². The lowest BCUT2D eigenvalue weighted by Crippen LogP contribution is -2.14. The van der Waals surface area contributed by atoms with E-state index in [1.54, 1.807) is 0 Å². The van der Waals surface area contributed by atoms with E-state index in [1.807, 2.05) is 24.3 Å².